The lowest BCUT2D eigenvalue weighted by Gasteiger charge is -2.24. The van der Waals surface area contributed by atoms with Gasteiger partial charge in [-0.1, -0.05) is 18.2 Å². The molecule has 1 aliphatic heterocycles. The summed E-state index contributed by atoms with van der Waals surface area (Å²) in [5, 5.41) is 3.46. The van der Waals surface area contributed by atoms with Crippen molar-refractivity contribution in [3.63, 3.8) is 0 Å². The lowest BCUT2D eigenvalue weighted by Crippen LogP contribution is -2.42. The molecule has 1 aliphatic rings. The second kappa shape index (κ2) is 5.50. The topological polar surface area (TPSA) is 47.6 Å². The Hall–Kier alpha value is -1.39. The monoisotopic (exact) mass is 249 g/mol. The first-order chi connectivity index (χ1) is 8.64. The molecule has 0 spiro atoms. The molecular formula is C14H19NO3. The molecule has 1 saturated heterocycles. The second-order valence-electron chi connectivity index (χ2n) is 4.87. The molecule has 2 rings (SSSR count). The summed E-state index contributed by atoms with van der Waals surface area (Å²) in [5.74, 6) is -0.291. The molecule has 98 valence electrons. The summed E-state index contributed by atoms with van der Waals surface area (Å²) in [6, 6.07) is 7.50. The van der Waals surface area contributed by atoms with Gasteiger partial charge in [0, 0.05) is 18.7 Å². The van der Waals surface area contributed by atoms with E-state index in [-0.39, 0.29) is 11.5 Å². The van der Waals surface area contributed by atoms with Crippen molar-refractivity contribution < 1.29 is 14.3 Å². The van der Waals surface area contributed by atoms with E-state index in [1.165, 1.54) is 7.11 Å². The largest absolute Gasteiger partial charge is 0.465 e. The minimum Gasteiger partial charge on any atom is -0.465 e. The number of nitrogens with one attached hydrogen (secondary N) is 1. The Morgan fingerprint density at radius 3 is 2.94 bits per heavy atom. The van der Waals surface area contributed by atoms with Gasteiger partial charge in [-0.15, -0.1) is 0 Å². The van der Waals surface area contributed by atoms with Crippen molar-refractivity contribution in [2.75, 3.05) is 20.3 Å². The predicted octanol–water partition coefficient (Wildman–Crippen LogP) is 1.74. The summed E-state index contributed by atoms with van der Waals surface area (Å²) < 4.78 is 10.2. The highest BCUT2D eigenvalue weighted by molar-refractivity contribution is 5.90. The van der Waals surface area contributed by atoms with E-state index in [4.69, 9.17) is 9.47 Å². The molecule has 0 aromatic heterocycles. The Balaban J connectivity index is 2.07. The second-order valence-corrected chi connectivity index (χ2v) is 4.87. The maximum atomic E-state index is 11.6. The fraction of sp³-hybridized carbons (Fsp3) is 0.500. The Kier molecular flexibility index (Phi) is 3.99. The first-order valence-corrected chi connectivity index (χ1v) is 6.14. The number of hydrogen-bond acceptors (Lipinski definition) is 4. The molecule has 1 atom stereocenters. The number of carbonyl (C=O) groups is 1. The van der Waals surface area contributed by atoms with Crippen LogP contribution in [0.2, 0.25) is 0 Å². The molecule has 0 saturated carbocycles. The van der Waals surface area contributed by atoms with Gasteiger partial charge in [-0.05, 0) is 25.0 Å². The maximum absolute atomic E-state index is 11.6. The predicted molar refractivity (Wildman–Crippen MR) is 68.5 cm³/mol. The molecule has 1 heterocycles. The standard InChI is InChI=1S/C14H19NO3/c1-14(7-8-18-10-14)15-9-11-5-3-4-6-12(11)13(16)17-2/h3-6,15H,7-10H2,1-2H3. The number of rotatable bonds is 4. The van der Waals surface area contributed by atoms with Crippen LogP contribution in [0.15, 0.2) is 24.3 Å². The number of esters is 1. The fourth-order valence-electron chi connectivity index (χ4n) is 2.10. The number of methoxy groups -OCH3 is 1. The van der Waals surface area contributed by atoms with E-state index in [1.54, 1.807) is 6.07 Å². The Morgan fingerprint density at radius 1 is 1.50 bits per heavy atom. The van der Waals surface area contributed by atoms with E-state index >= 15 is 0 Å². The van der Waals surface area contributed by atoms with Gasteiger partial charge in [0.2, 0.25) is 0 Å². The van der Waals surface area contributed by atoms with E-state index in [0.29, 0.717) is 18.7 Å². The van der Waals surface area contributed by atoms with E-state index in [9.17, 15) is 4.79 Å². The average Bonchev–Trinajstić information content (AvgIpc) is 2.83. The van der Waals surface area contributed by atoms with Crippen LogP contribution in [0, 0.1) is 0 Å². The highest BCUT2D eigenvalue weighted by Gasteiger charge is 2.29. The highest BCUT2D eigenvalue weighted by atomic mass is 16.5. The molecule has 18 heavy (non-hydrogen) atoms. The molecule has 0 amide bonds. The van der Waals surface area contributed by atoms with Gasteiger partial charge in [-0.3, -0.25) is 0 Å². The SMILES string of the molecule is COC(=O)c1ccccc1CNC1(C)CCOC1. The smallest absolute Gasteiger partial charge is 0.338 e. The number of carbonyl (C=O) groups excluding carboxylic acids is 1. The van der Waals surface area contributed by atoms with Gasteiger partial charge >= 0.3 is 5.97 Å². The quantitative estimate of drug-likeness (QED) is 0.826. The summed E-state index contributed by atoms with van der Waals surface area (Å²) in [5.41, 5.74) is 1.58. The van der Waals surface area contributed by atoms with Crippen LogP contribution in [0.1, 0.15) is 29.3 Å². The summed E-state index contributed by atoms with van der Waals surface area (Å²) in [7, 11) is 1.40. The number of hydrogen-bond donors (Lipinski definition) is 1. The van der Waals surface area contributed by atoms with Crippen LogP contribution >= 0.6 is 0 Å². The third kappa shape index (κ3) is 2.89. The third-order valence-electron chi connectivity index (χ3n) is 3.35. The van der Waals surface area contributed by atoms with Crippen molar-refractivity contribution >= 4 is 5.97 Å². The maximum Gasteiger partial charge on any atom is 0.338 e. The van der Waals surface area contributed by atoms with Crippen LogP contribution in [-0.4, -0.2) is 31.8 Å². The molecule has 1 unspecified atom stereocenters. The van der Waals surface area contributed by atoms with Crippen LogP contribution in [-0.2, 0) is 16.0 Å². The summed E-state index contributed by atoms with van der Waals surface area (Å²) in [4.78, 5) is 11.6. The molecule has 4 heteroatoms. The van der Waals surface area contributed by atoms with Crippen molar-refractivity contribution in [3.8, 4) is 0 Å². The average molecular weight is 249 g/mol. The van der Waals surface area contributed by atoms with Crippen LogP contribution in [0.4, 0.5) is 0 Å². The van der Waals surface area contributed by atoms with Gasteiger partial charge in [0.25, 0.3) is 0 Å². The lowest BCUT2D eigenvalue weighted by atomic mass is 10.0. The first-order valence-electron chi connectivity index (χ1n) is 6.14. The first kappa shape index (κ1) is 13.1. The Morgan fingerprint density at radius 2 is 2.28 bits per heavy atom. The van der Waals surface area contributed by atoms with Gasteiger partial charge in [-0.2, -0.15) is 0 Å². The van der Waals surface area contributed by atoms with Crippen LogP contribution < -0.4 is 5.32 Å². The van der Waals surface area contributed by atoms with E-state index in [2.05, 4.69) is 12.2 Å². The van der Waals surface area contributed by atoms with Crippen molar-refractivity contribution in [1.29, 1.82) is 0 Å². The molecule has 1 aromatic rings. The van der Waals surface area contributed by atoms with Gasteiger partial charge < -0.3 is 14.8 Å². The zero-order valence-electron chi connectivity index (χ0n) is 10.9. The van der Waals surface area contributed by atoms with Crippen LogP contribution in [0.5, 0.6) is 0 Å². The van der Waals surface area contributed by atoms with Crippen molar-refractivity contribution in [1.82, 2.24) is 5.32 Å². The van der Waals surface area contributed by atoms with E-state index in [0.717, 1.165) is 18.6 Å². The summed E-state index contributed by atoms with van der Waals surface area (Å²) >= 11 is 0. The normalized spacial score (nSPS) is 23.0. The summed E-state index contributed by atoms with van der Waals surface area (Å²) in [6.07, 6.45) is 0.993. The lowest BCUT2D eigenvalue weighted by molar-refractivity contribution is 0.0599. The molecule has 1 fully saturated rings. The van der Waals surface area contributed by atoms with Crippen molar-refractivity contribution in [2.24, 2.45) is 0 Å². The van der Waals surface area contributed by atoms with Gasteiger partial charge in [0.15, 0.2) is 0 Å². The molecular weight excluding hydrogens is 230 g/mol. The van der Waals surface area contributed by atoms with Gasteiger partial charge in [0.05, 0.1) is 19.3 Å². The zero-order valence-corrected chi connectivity index (χ0v) is 10.9. The molecule has 0 bridgehead atoms. The third-order valence-corrected chi connectivity index (χ3v) is 3.35. The van der Waals surface area contributed by atoms with Gasteiger partial charge in [-0.25, -0.2) is 4.79 Å². The van der Waals surface area contributed by atoms with E-state index in [1.807, 2.05) is 18.2 Å². The van der Waals surface area contributed by atoms with Crippen molar-refractivity contribution in [2.45, 2.75) is 25.4 Å². The molecule has 0 aliphatic carbocycles. The molecule has 1 aromatic carbocycles. The molecule has 4 nitrogen and oxygen atoms in total. The minimum atomic E-state index is -0.291. The van der Waals surface area contributed by atoms with Gasteiger partial charge in [0.1, 0.15) is 0 Å². The Labute approximate surface area is 107 Å². The van der Waals surface area contributed by atoms with Crippen LogP contribution in [0.3, 0.4) is 0 Å². The fourth-order valence-corrected chi connectivity index (χ4v) is 2.10. The van der Waals surface area contributed by atoms with Crippen molar-refractivity contribution in [3.05, 3.63) is 35.4 Å². The highest BCUT2D eigenvalue weighted by Crippen LogP contribution is 2.19. The van der Waals surface area contributed by atoms with Crippen LogP contribution in [0.25, 0.3) is 0 Å². The number of ether oxygens (including phenoxy) is 2. The number of benzene rings is 1. The minimum absolute atomic E-state index is 0.00321. The van der Waals surface area contributed by atoms with E-state index < -0.39 is 0 Å². The molecule has 0 radical (unpaired) electrons. The summed E-state index contributed by atoms with van der Waals surface area (Å²) in [6.45, 7) is 4.29. The molecule has 1 N–H and O–H groups in total. The Bertz CT molecular complexity index is 425. The zero-order chi connectivity index (χ0) is 13.0.